The molecule has 7 aromatic rings. The molecule has 162 valence electrons. The molecule has 0 radical (unpaired) electrons. The maximum absolute atomic E-state index is 4.43. The second-order valence-corrected chi connectivity index (χ2v) is 9.56. The van der Waals surface area contributed by atoms with Gasteiger partial charge in [-0.2, -0.15) is 0 Å². The number of aromatic nitrogens is 1. The molecule has 1 nitrogen and oxygen atoms in total. The van der Waals surface area contributed by atoms with E-state index in [9.17, 15) is 0 Å². The summed E-state index contributed by atoms with van der Waals surface area (Å²) in [6.07, 6.45) is 4.86. The van der Waals surface area contributed by atoms with Crippen LogP contribution in [0.15, 0.2) is 116 Å². The van der Waals surface area contributed by atoms with Gasteiger partial charge in [-0.15, -0.1) is 0 Å². The van der Waals surface area contributed by atoms with E-state index in [0.717, 1.165) is 6.42 Å². The molecule has 1 aliphatic carbocycles. The Hall–Kier alpha value is -4.49. The summed E-state index contributed by atoms with van der Waals surface area (Å²) in [5, 5.41) is 10.4. The molecule has 35 heavy (non-hydrogen) atoms. The van der Waals surface area contributed by atoms with Gasteiger partial charge in [-0.3, -0.25) is 4.98 Å². The van der Waals surface area contributed by atoms with Crippen molar-refractivity contribution in [1.82, 2.24) is 4.98 Å². The fourth-order valence-corrected chi connectivity index (χ4v) is 6.22. The maximum atomic E-state index is 4.43. The van der Waals surface area contributed by atoms with Gasteiger partial charge in [-0.1, -0.05) is 91.0 Å². The summed E-state index contributed by atoms with van der Waals surface area (Å²) in [7, 11) is 0. The third kappa shape index (κ3) is 2.61. The van der Waals surface area contributed by atoms with Gasteiger partial charge in [-0.25, -0.2) is 0 Å². The summed E-state index contributed by atoms with van der Waals surface area (Å²) in [5.41, 5.74) is 8.12. The van der Waals surface area contributed by atoms with Gasteiger partial charge in [0.05, 0.1) is 0 Å². The average molecular weight is 444 g/mol. The van der Waals surface area contributed by atoms with Crippen molar-refractivity contribution >= 4 is 43.1 Å². The average Bonchev–Trinajstić information content (AvgIpc) is 3.32. The van der Waals surface area contributed by atoms with Gasteiger partial charge >= 0.3 is 0 Å². The minimum Gasteiger partial charge on any atom is -0.264 e. The van der Waals surface area contributed by atoms with Crippen molar-refractivity contribution in [2.45, 2.75) is 6.42 Å². The van der Waals surface area contributed by atoms with Crippen LogP contribution >= 0.6 is 0 Å². The number of fused-ring (bicyclic) bond motifs is 11. The molecule has 8 rings (SSSR count). The van der Waals surface area contributed by atoms with E-state index in [1.807, 2.05) is 12.4 Å². The van der Waals surface area contributed by atoms with Crippen LogP contribution in [0.5, 0.6) is 0 Å². The topological polar surface area (TPSA) is 12.9 Å². The van der Waals surface area contributed by atoms with Gasteiger partial charge in [0, 0.05) is 17.8 Å². The number of pyridine rings is 1. The van der Waals surface area contributed by atoms with Crippen LogP contribution in [0.1, 0.15) is 11.1 Å². The van der Waals surface area contributed by atoms with E-state index in [0.29, 0.717) is 0 Å². The standard InChI is InChI=1S/C34H21N/c1-2-8-27-25(6-1)26-7-3-4-9-28(26)32-18-22(14-15-29(27)32)24-10-5-11-30-31(24)19-23-13-12-21-16-17-35-20-33(21)34(23)30/h1-18,20H,19H2. The Morgan fingerprint density at radius 2 is 1.20 bits per heavy atom. The van der Waals surface area contributed by atoms with Crippen molar-refractivity contribution in [3.8, 4) is 22.3 Å². The Balaban J connectivity index is 1.41. The van der Waals surface area contributed by atoms with Crippen LogP contribution in [0.4, 0.5) is 0 Å². The first-order valence-electron chi connectivity index (χ1n) is 12.2. The molecule has 0 spiro atoms. The fraction of sp³-hybridized carbons (Fsp3) is 0.0294. The zero-order valence-corrected chi connectivity index (χ0v) is 19.1. The minimum atomic E-state index is 0.960. The van der Waals surface area contributed by atoms with Crippen LogP contribution in [-0.2, 0) is 6.42 Å². The van der Waals surface area contributed by atoms with Crippen molar-refractivity contribution in [3.05, 3.63) is 127 Å². The number of benzene rings is 6. The molecule has 0 saturated carbocycles. The van der Waals surface area contributed by atoms with E-state index < -0.39 is 0 Å². The molecule has 0 saturated heterocycles. The van der Waals surface area contributed by atoms with Crippen LogP contribution in [-0.4, -0.2) is 4.98 Å². The first-order chi connectivity index (χ1) is 17.4. The first kappa shape index (κ1) is 18.9. The third-order valence-electron chi connectivity index (χ3n) is 7.78. The van der Waals surface area contributed by atoms with Crippen LogP contribution in [0, 0.1) is 0 Å². The Bertz CT molecular complexity index is 1940. The Kier molecular flexibility index (Phi) is 3.78. The van der Waals surface area contributed by atoms with Crippen LogP contribution in [0.25, 0.3) is 65.3 Å². The summed E-state index contributed by atoms with van der Waals surface area (Å²) < 4.78 is 0. The van der Waals surface area contributed by atoms with Crippen LogP contribution in [0.3, 0.4) is 0 Å². The van der Waals surface area contributed by atoms with Crippen LogP contribution in [0.2, 0.25) is 0 Å². The van der Waals surface area contributed by atoms with Crippen molar-refractivity contribution < 1.29 is 0 Å². The lowest BCUT2D eigenvalue weighted by Crippen LogP contribution is -1.89. The molecule has 1 heterocycles. The lowest BCUT2D eigenvalue weighted by Gasteiger charge is -2.14. The largest absolute Gasteiger partial charge is 0.264 e. The monoisotopic (exact) mass is 443 g/mol. The smallest absolute Gasteiger partial charge is 0.0352 e. The van der Waals surface area contributed by atoms with E-state index in [1.54, 1.807) is 0 Å². The summed E-state index contributed by atoms with van der Waals surface area (Å²) in [5.74, 6) is 0. The van der Waals surface area contributed by atoms with E-state index in [-0.39, 0.29) is 0 Å². The van der Waals surface area contributed by atoms with Gasteiger partial charge in [0.25, 0.3) is 0 Å². The van der Waals surface area contributed by atoms with Crippen molar-refractivity contribution in [2.75, 3.05) is 0 Å². The predicted molar refractivity (Wildman–Crippen MR) is 148 cm³/mol. The molecule has 0 bridgehead atoms. The fourth-order valence-electron chi connectivity index (χ4n) is 6.22. The quantitative estimate of drug-likeness (QED) is 0.231. The molecule has 0 unspecified atom stereocenters. The second-order valence-electron chi connectivity index (χ2n) is 9.56. The number of hydrogen-bond acceptors (Lipinski definition) is 1. The molecular formula is C34H21N. The predicted octanol–water partition coefficient (Wildman–Crippen LogP) is 8.93. The van der Waals surface area contributed by atoms with Gasteiger partial charge in [-0.05, 0) is 89.6 Å². The highest BCUT2D eigenvalue weighted by Crippen LogP contribution is 2.45. The van der Waals surface area contributed by atoms with E-state index in [2.05, 4.69) is 108 Å². The Morgan fingerprint density at radius 1 is 0.514 bits per heavy atom. The van der Waals surface area contributed by atoms with Gasteiger partial charge in [0.1, 0.15) is 0 Å². The zero-order valence-electron chi connectivity index (χ0n) is 19.1. The number of nitrogens with zero attached hydrogens (tertiary/aromatic N) is 1. The molecule has 1 aromatic heterocycles. The van der Waals surface area contributed by atoms with Gasteiger partial charge in [0.2, 0.25) is 0 Å². The Labute approximate surface area is 203 Å². The van der Waals surface area contributed by atoms with Gasteiger partial charge < -0.3 is 0 Å². The zero-order chi connectivity index (χ0) is 22.9. The Morgan fingerprint density at radius 3 is 1.97 bits per heavy atom. The first-order valence-corrected chi connectivity index (χ1v) is 12.2. The lowest BCUT2D eigenvalue weighted by molar-refractivity contribution is 1.27. The molecule has 1 heteroatoms. The highest BCUT2D eigenvalue weighted by molar-refractivity contribution is 6.25. The summed E-state index contributed by atoms with van der Waals surface area (Å²) >= 11 is 0. The molecule has 1 aliphatic rings. The molecule has 0 fully saturated rings. The SMILES string of the molecule is c1cc(-c2ccc3c4ccccc4c4ccccc4c3c2)c2c(c1)-c1c(ccc3ccncc13)C2. The maximum Gasteiger partial charge on any atom is 0.0352 e. The van der Waals surface area contributed by atoms with Crippen molar-refractivity contribution in [1.29, 1.82) is 0 Å². The van der Waals surface area contributed by atoms with E-state index >= 15 is 0 Å². The minimum absolute atomic E-state index is 0.960. The van der Waals surface area contributed by atoms with Crippen LogP contribution < -0.4 is 0 Å². The molecule has 0 N–H and O–H groups in total. The highest BCUT2D eigenvalue weighted by Gasteiger charge is 2.24. The van der Waals surface area contributed by atoms with Crippen molar-refractivity contribution in [3.63, 3.8) is 0 Å². The van der Waals surface area contributed by atoms with E-state index in [4.69, 9.17) is 0 Å². The number of rotatable bonds is 1. The van der Waals surface area contributed by atoms with Gasteiger partial charge in [0.15, 0.2) is 0 Å². The number of hydrogen-bond donors (Lipinski definition) is 0. The summed E-state index contributed by atoms with van der Waals surface area (Å²) in [6.45, 7) is 0. The van der Waals surface area contributed by atoms with Crippen molar-refractivity contribution in [2.24, 2.45) is 0 Å². The van der Waals surface area contributed by atoms with E-state index in [1.165, 1.54) is 76.5 Å². The summed E-state index contributed by atoms with van der Waals surface area (Å²) in [4.78, 5) is 4.43. The normalized spacial score (nSPS) is 12.5. The second kappa shape index (κ2) is 7.01. The molecule has 6 aromatic carbocycles. The summed E-state index contributed by atoms with van der Waals surface area (Å²) in [6, 6.07) is 38.0. The molecule has 0 atom stereocenters. The molecule has 0 aliphatic heterocycles. The molecular weight excluding hydrogens is 422 g/mol. The third-order valence-corrected chi connectivity index (χ3v) is 7.78. The lowest BCUT2D eigenvalue weighted by atomic mass is 9.90. The molecule has 0 amide bonds. The highest BCUT2D eigenvalue weighted by atomic mass is 14.6.